The molecule has 0 spiro atoms. The lowest BCUT2D eigenvalue weighted by atomic mass is 9.97. The first kappa shape index (κ1) is 20.7. The first-order chi connectivity index (χ1) is 12.9. The SMILES string of the molecule is O=C(NCCC(O)C(O)c1cccc(Cl)c1C(=O)O)OCc1ccccc1. The third-order valence-electron chi connectivity index (χ3n) is 3.87. The molecule has 0 aliphatic carbocycles. The number of benzene rings is 2. The number of hydrogen-bond acceptors (Lipinski definition) is 5. The van der Waals surface area contributed by atoms with Crippen LogP contribution in [-0.2, 0) is 11.3 Å². The van der Waals surface area contributed by atoms with Gasteiger partial charge in [0.15, 0.2) is 0 Å². The molecule has 144 valence electrons. The summed E-state index contributed by atoms with van der Waals surface area (Å²) in [5, 5.41) is 32.0. The van der Waals surface area contributed by atoms with Crippen LogP contribution in [0.25, 0.3) is 0 Å². The van der Waals surface area contributed by atoms with Crippen LogP contribution >= 0.6 is 11.6 Å². The Hall–Kier alpha value is -2.61. The summed E-state index contributed by atoms with van der Waals surface area (Å²) in [6.07, 6.45) is -3.42. The molecule has 0 saturated heterocycles. The molecular weight excluding hydrogens is 374 g/mol. The van der Waals surface area contributed by atoms with Gasteiger partial charge in [-0.3, -0.25) is 0 Å². The van der Waals surface area contributed by atoms with Crippen molar-refractivity contribution in [1.82, 2.24) is 5.32 Å². The van der Waals surface area contributed by atoms with Crippen molar-refractivity contribution in [3.8, 4) is 0 Å². The average molecular weight is 394 g/mol. The van der Waals surface area contributed by atoms with E-state index in [2.05, 4.69) is 5.32 Å². The van der Waals surface area contributed by atoms with Crippen LogP contribution in [-0.4, -0.2) is 40.0 Å². The van der Waals surface area contributed by atoms with E-state index >= 15 is 0 Å². The fraction of sp³-hybridized carbons (Fsp3) is 0.263. The Balaban J connectivity index is 1.83. The molecule has 2 aromatic carbocycles. The van der Waals surface area contributed by atoms with Gasteiger partial charge in [-0.05, 0) is 23.6 Å². The van der Waals surface area contributed by atoms with E-state index in [9.17, 15) is 24.9 Å². The van der Waals surface area contributed by atoms with Crippen molar-refractivity contribution in [3.63, 3.8) is 0 Å². The van der Waals surface area contributed by atoms with Crippen molar-refractivity contribution < 1.29 is 29.6 Å². The molecule has 8 heteroatoms. The highest BCUT2D eigenvalue weighted by Gasteiger charge is 2.25. The van der Waals surface area contributed by atoms with Gasteiger partial charge >= 0.3 is 12.1 Å². The van der Waals surface area contributed by atoms with Crippen LogP contribution in [0.2, 0.25) is 5.02 Å². The molecule has 0 bridgehead atoms. The van der Waals surface area contributed by atoms with Crippen LogP contribution in [0.15, 0.2) is 48.5 Å². The van der Waals surface area contributed by atoms with E-state index in [4.69, 9.17) is 16.3 Å². The minimum atomic E-state index is -1.46. The van der Waals surface area contributed by atoms with E-state index in [0.717, 1.165) is 5.56 Å². The zero-order valence-electron chi connectivity index (χ0n) is 14.3. The maximum atomic E-state index is 11.7. The van der Waals surface area contributed by atoms with E-state index in [0.29, 0.717) is 0 Å². The van der Waals surface area contributed by atoms with Crippen molar-refractivity contribution in [3.05, 3.63) is 70.2 Å². The summed E-state index contributed by atoms with van der Waals surface area (Å²) in [7, 11) is 0. The van der Waals surface area contributed by atoms with Gasteiger partial charge in [-0.1, -0.05) is 54.1 Å². The summed E-state index contributed by atoms with van der Waals surface area (Å²) >= 11 is 5.86. The van der Waals surface area contributed by atoms with Crippen molar-refractivity contribution in [2.75, 3.05) is 6.54 Å². The smallest absolute Gasteiger partial charge is 0.407 e. The van der Waals surface area contributed by atoms with Gasteiger partial charge in [0.05, 0.1) is 16.7 Å². The number of alkyl carbamates (subject to hydrolysis) is 1. The number of aliphatic hydroxyl groups is 2. The maximum absolute atomic E-state index is 11.7. The number of aromatic carboxylic acids is 1. The normalized spacial score (nSPS) is 12.9. The number of carboxylic acid groups (broad SMARTS) is 1. The lowest BCUT2D eigenvalue weighted by Gasteiger charge is -2.20. The Morgan fingerprint density at radius 1 is 1.07 bits per heavy atom. The number of amides is 1. The summed E-state index contributed by atoms with van der Waals surface area (Å²) in [5.41, 5.74) is 0.584. The molecule has 0 saturated carbocycles. The number of halogens is 1. The molecule has 7 nitrogen and oxygen atoms in total. The van der Waals surface area contributed by atoms with Gasteiger partial charge in [-0.2, -0.15) is 0 Å². The molecule has 0 aliphatic heterocycles. The molecule has 0 fully saturated rings. The predicted octanol–water partition coefficient (Wildman–Crippen LogP) is 2.75. The lowest BCUT2D eigenvalue weighted by molar-refractivity contribution is 0.0127. The van der Waals surface area contributed by atoms with Gasteiger partial charge in [-0.25, -0.2) is 9.59 Å². The zero-order valence-corrected chi connectivity index (χ0v) is 15.1. The van der Waals surface area contributed by atoms with Crippen LogP contribution in [0.4, 0.5) is 4.79 Å². The zero-order chi connectivity index (χ0) is 19.8. The summed E-state index contributed by atoms with van der Waals surface area (Å²) in [4.78, 5) is 23.0. The number of carbonyl (C=O) groups is 2. The van der Waals surface area contributed by atoms with Crippen LogP contribution in [0.3, 0.4) is 0 Å². The Morgan fingerprint density at radius 3 is 2.44 bits per heavy atom. The van der Waals surface area contributed by atoms with E-state index in [1.54, 1.807) is 0 Å². The molecule has 1 amide bonds. The van der Waals surface area contributed by atoms with Gasteiger partial charge in [0.1, 0.15) is 12.7 Å². The van der Waals surface area contributed by atoms with Gasteiger partial charge in [0.2, 0.25) is 0 Å². The summed E-state index contributed by atoms with van der Waals surface area (Å²) in [6.45, 7) is 0.150. The molecular formula is C19H20ClNO6. The molecule has 2 aromatic rings. The Labute approximate surface area is 161 Å². The topological polar surface area (TPSA) is 116 Å². The summed E-state index contributed by atoms with van der Waals surface area (Å²) in [5.74, 6) is -1.30. The Kier molecular flexibility index (Phi) is 7.60. The van der Waals surface area contributed by atoms with E-state index in [1.165, 1.54) is 18.2 Å². The standard InChI is InChI=1S/C19H20ClNO6/c20-14-8-4-7-13(16(14)18(24)25)17(23)15(22)9-10-21-19(26)27-11-12-5-2-1-3-6-12/h1-8,15,17,22-23H,9-11H2,(H,21,26)(H,24,25). The van der Waals surface area contributed by atoms with E-state index in [-0.39, 0.29) is 35.7 Å². The highest BCUT2D eigenvalue weighted by atomic mass is 35.5. The second kappa shape index (κ2) is 9.91. The third-order valence-corrected chi connectivity index (χ3v) is 4.18. The minimum absolute atomic E-state index is 0.00677. The van der Waals surface area contributed by atoms with E-state index in [1.807, 2.05) is 30.3 Å². The molecule has 0 radical (unpaired) electrons. The molecule has 2 unspecified atom stereocenters. The number of aliphatic hydroxyl groups excluding tert-OH is 2. The minimum Gasteiger partial charge on any atom is -0.478 e. The molecule has 2 rings (SSSR count). The van der Waals surface area contributed by atoms with Crippen LogP contribution in [0, 0.1) is 0 Å². The number of ether oxygens (including phenoxy) is 1. The second-order valence-electron chi connectivity index (χ2n) is 5.80. The monoisotopic (exact) mass is 393 g/mol. The van der Waals surface area contributed by atoms with Gasteiger partial charge in [-0.15, -0.1) is 0 Å². The number of carboxylic acids is 1. The predicted molar refractivity (Wildman–Crippen MR) is 98.6 cm³/mol. The second-order valence-corrected chi connectivity index (χ2v) is 6.21. The van der Waals surface area contributed by atoms with Crippen LogP contribution in [0.1, 0.15) is 34.0 Å². The van der Waals surface area contributed by atoms with Gasteiger partial charge in [0, 0.05) is 6.54 Å². The Bertz CT molecular complexity index is 783. The summed E-state index contributed by atoms with van der Waals surface area (Å²) in [6, 6.07) is 13.4. The largest absolute Gasteiger partial charge is 0.478 e. The molecule has 0 heterocycles. The van der Waals surface area contributed by atoms with Crippen molar-refractivity contribution in [1.29, 1.82) is 0 Å². The number of carbonyl (C=O) groups excluding carboxylic acids is 1. The molecule has 2 atom stereocenters. The highest BCUT2D eigenvalue weighted by Crippen LogP contribution is 2.28. The molecule has 0 aliphatic rings. The molecule has 4 N–H and O–H groups in total. The molecule has 0 aromatic heterocycles. The number of rotatable bonds is 8. The van der Waals surface area contributed by atoms with Crippen molar-refractivity contribution in [2.45, 2.75) is 25.2 Å². The number of nitrogens with one attached hydrogen (secondary N) is 1. The van der Waals surface area contributed by atoms with Crippen molar-refractivity contribution in [2.24, 2.45) is 0 Å². The first-order valence-electron chi connectivity index (χ1n) is 8.22. The van der Waals surface area contributed by atoms with Crippen LogP contribution < -0.4 is 5.32 Å². The average Bonchev–Trinajstić information content (AvgIpc) is 2.66. The maximum Gasteiger partial charge on any atom is 0.407 e. The van der Waals surface area contributed by atoms with Gasteiger partial charge < -0.3 is 25.4 Å². The molecule has 27 heavy (non-hydrogen) atoms. The fourth-order valence-electron chi connectivity index (χ4n) is 2.47. The lowest BCUT2D eigenvalue weighted by Crippen LogP contribution is -2.30. The van der Waals surface area contributed by atoms with Gasteiger partial charge in [0.25, 0.3) is 0 Å². The summed E-state index contributed by atoms with van der Waals surface area (Å²) < 4.78 is 5.03. The number of hydrogen-bond donors (Lipinski definition) is 4. The van der Waals surface area contributed by atoms with Crippen LogP contribution in [0.5, 0.6) is 0 Å². The highest BCUT2D eigenvalue weighted by molar-refractivity contribution is 6.33. The third kappa shape index (κ3) is 5.96. The first-order valence-corrected chi connectivity index (χ1v) is 8.60. The Morgan fingerprint density at radius 2 is 1.78 bits per heavy atom. The quantitative estimate of drug-likeness (QED) is 0.548. The van der Waals surface area contributed by atoms with E-state index < -0.39 is 24.3 Å². The fourth-order valence-corrected chi connectivity index (χ4v) is 2.74. The van der Waals surface area contributed by atoms with Crippen molar-refractivity contribution >= 4 is 23.7 Å².